The fraction of sp³-hybridized carbons (Fsp3) is 0.133. The van der Waals surface area contributed by atoms with E-state index in [4.69, 9.17) is 9.47 Å². The van der Waals surface area contributed by atoms with Crippen LogP contribution < -0.4 is 14.8 Å². The fourth-order valence-corrected chi connectivity index (χ4v) is 3.57. The minimum Gasteiger partial charge on any atom is -0.454 e. The fourth-order valence-electron chi connectivity index (χ4n) is 2.11. The summed E-state index contributed by atoms with van der Waals surface area (Å²) in [6.07, 6.45) is 1.72. The molecule has 0 aliphatic carbocycles. The maximum absolute atomic E-state index is 12.2. The highest BCUT2D eigenvalue weighted by Crippen LogP contribution is 2.36. The maximum atomic E-state index is 12.2. The molecule has 3 aromatic rings. The van der Waals surface area contributed by atoms with Gasteiger partial charge >= 0.3 is 0 Å². The smallest absolute Gasteiger partial charge is 0.276 e. The molecule has 0 bridgehead atoms. The van der Waals surface area contributed by atoms with Gasteiger partial charge in [0.15, 0.2) is 16.6 Å². The number of aromatic nitrogens is 2. The number of benzene rings is 1. The van der Waals surface area contributed by atoms with Crippen LogP contribution in [0.2, 0.25) is 0 Å². The number of hydrogen-bond donors (Lipinski definition) is 1. The Morgan fingerprint density at radius 2 is 2.17 bits per heavy atom. The standard InChI is InChI=1S/C15H11N3O3S2/c1-8-5-16-15(23-8)18-13(19)10-6-22-14(17-10)9-2-3-11-12(4-9)21-7-20-11/h2-6H,7H2,1H3,(H,16,18,19). The number of nitrogens with one attached hydrogen (secondary N) is 1. The van der Waals surface area contributed by atoms with Crippen molar-refractivity contribution >= 4 is 33.7 Å². The summed E-state index contributed by atoms with van der Waals surface area (Å²) in [6, 6.07) is 5.61. The van der Waals surface area contributed by atoms with Crippen LogP contribution in [-0.4, -0.2) is 22.7 Å². The lowest BCUT2D eigenvalue weighted by atomic mass is 10.2. The third-order valence-electron chi connectivity index (χ3n) is 3.20. The van der Waals surface area contributed by atoms with Crippen LogP contribution in [0.4, 0.5) is 5.13 Å². The molecule has 1 aliphatic heterocycles. The molecule has 23 heavy (non-hydrogen) atoms. The molecule has 0 atom stereocenters. The van der Waals surface area contributed by atoms with Crippen molar-refractivity contribution in [1.82, 2.24) is 9.97 Å². The van der Waals surface area contributed by atoms with Gasteiger partial charge in [-0.1, -0.05) is 0 Å². The van der Waals surface area contributed by atoms with Crippen molar-refractivity contribution < 1.29 is 14.3 Å². The highest BCUT2D eigenvalue weighted by atomic mass is 32.1. The largest absolute Gasteiger partial charge is 0.454 e. The molecule has 1 amide bonds. The van der Waals surface area contributed by atoms with Gasteiger partial charge < -0.3 is 9.47 Å². The van der Waals surface area contributed by atoms with E-state index in [1.165, 1.54) is 22.7 Å². The third-order valence-corrected chi connectivity index (χ3v) is 4.92. The van der Waals surface area contributed by atoms with Gasteiger partial charge in [0.25, 0.3) is 5.91 Å². The van der Waals surface area contributed by atoms with E-state index in [-0.39, 0.29) is 12.7 Å². The van der Waals surface area contributed by atoms with E-state index < -0.39 is 0 Å². The highest BCUT2D eigenvalue weighted by Gasteiger charge is 2.17. The summed E-state index contributed by atoms with van der Waals surface area (Å²) in [6.45, 7) is 2.17. The second-order valence-corrected chi connectivity index (χ2v) is 6.93. The van der Waals surface area contributed by atoms with Crippen molar-refractivity contribution in [2.75, 3.05) is 12.1 Å². The molecular formula is C15H11N3O3S2. The van der Waals surface area contributed by atoms with E-state index in [9.17, 15) is 4.79 Å². The van der Waals surface area contributed by atoms with Gasteiger partial charge in [-0.3, -0.25) is 10.1 Å². The topological polar surface area (TPSA) is 73.3 Å². The lowest BCUT2D eigenvalue weighted by Crippen LogP contribution is -2.11. The molecule has 0 saturated carbocycles. The number of amides is 1. The van der Waals surface area contributed by atoms with Crippen LogP contribution in [0.3, 0.4) is 0 Å². The second kappa shape index (κ2) is 5.64. The number of anilines is 1. The predicted octanol–water partition coefficient (Wildman–Crippen LogP) is 3.56. The normalized spacial score (nSPS) is 12.4. The molecule has 0 radical (unpaired) electrons. The van der Waals surface area contributed by atoms with Gasteiger partial charge in [0.05, 0.1) is 0 Å². The molecule has 1 aromatic carbocycles. The van der Waals surface area contributed by atoms with Crippen molar-refractivity contribution in [1.29, 1.82) is 0 Å². The zero-order valence-corrected chi connectivity index (χ0v) is 13.7. The number of thiazole rings is 2. The number of carbonyl (C=O) groups excluding carboxylic acids is 1. The Morgan fingerprint density at radius 3 is 3.00 bits per heavy atom. The Bertz CT molecular complexity index is 888. The molecule has 116 valence electrons. The molecule has 3 heterocycles. The van der Waals surface area contributed by atoms with Gasteiger partial charge in [-0.15, -0.1) is 22.7 Å². The first-order valence-corrected chi connectivity index (χ1v) is 8.48. The van der Waals surface area contributed by atoms with Crippen molar-refractivity contribution in [2.45, 2.75) is 6.92 Å². The van der Waals surface area contributed by atoms with E-state index in [0.29, 0.717) is 16.6 Å². The quantitative estimate of drug-likeness (QED) is 0.786. The van der Waals surface area contributed by atoms with Crippen molar-refractivity contribution in [3.05, 3.63) is 40.3 Å². The molecule has 0 spiro atoms. The summed E-state index contributed by atoms with van der Waals surface area (Å²) < 4.78 is 10.7. The predicted molar refractivity (Wildman–Crippen MR) is 88.5 cm³/mol. The molecule has 4 rings (SSSR count). The van der Waals surface area contributed by atoms with Crippen LogP contribution in [0.15, 0.2) is 29.8 Å². The maximum Gasteiger partial charge on any atom is 0.276 e. The number of nitrogens with zero attached hydrogens (tertiary/aromatic N) is 2. The van der Waals surface area contributed by atoms with Crippen molar-refractivity contribution in [3.8, 4) is 22.1 Å². The summed E-state index contributed by atoms with van der Waals surface area (Å²) in [4.78, 5) is 21.8. The number of carbonyl (C=O) groups is 1. The van der Waals surface area contributed by atoms with Gasteiger partial charge in [-0.2, -0.15) is 0 Å². The van der Waals surface area contributed by atoms with Gasteiger partial charge in [0.2, 0.25) is 6.79 Å². The average Bonchev–Trinajstić information content (AvgIpc) is 3.26. The number of fused-ring (bicyclic) bond motifs is 1. The summed E-state index contributed by atoms with van der Waals surface area (Å²) >= 11 is 2.84. The minimum atomic E-state index is -0.261. The van der Waals surface area contributed by atoms with Crippen LogP contribution in [0.1, 0.15) is 15.4 Å². The van der Waals surface area contributed by atoms with Gasteiger partial charge in [0, 0.05) is 22.0 Å². The average molecular weight is 345 g/mol. The molecule has 0 saturated heterocycles. The van der Waals surface area contributed by atoms with E-state index in [0.717, 1.165) is 21.2 Å². The first kappa shape index (κ1) is 14.2. The van der Waals surface area contributed by atoms with Crippen molar-refractivity contribution in [2.24, 2.45) is 0 Å². The highest BCUT2D eigenvalue weighted by molar-refractivity contribution is 7.15. The molecule has 0 fully saturated rings. The molecule has 6 nitrogen and oxygen atoms in total. The Hall–Kier alpha value is -2.45. The molecule has 1 N–H and O–H groups in total. The summed E-state index contributed by atoms with van der Waals surface area (Å²) in [7, 11) is 0. The first-order chi connectivity index (χ1) is 11.2. The van der Waals surface area contributed by atoms with E-state index in [2.05, 4.69) is 15.3 Å². The van der Waals surface area contributed by atoms with Gasteiger partial charge in [0.1, 0.15) is 10.7 Å². The van der Waals surface area contributed by atoms with Crippen LogP contribution in [0, 0.1) is 6.92 Å². The third kappa shape index (κ3) is 2.78. The summed E-state index contributed by atoms with van der Waals surface area (Å²) in [5, 5.41) is 5.81. The molecule has 0 unspecified atom stereocenters. The number of ether oxygens (including phenoxy) is 2. The van der Waals surface area contributed by atoms with E-state index >= 15 is 0 Å². The zero-order chi connectivity index (χ0) is 15.8. The number of rotatable bonds is 3. The first-order valence-electron chi connectivity index (χ1n) is 6.78. The monoisotopic (exact) mass is 345 g/mol. The van der Waals surface area contributed by atoms with Crippen LogP contribution in [0.5, 0.6) is 11.5 Å². The molecule has 2 aromatic heterocycles. The summed E-state index contributed by atoms with van der Waals surface area (Å²) in [5.41, 5.74) is 1.26. The number of hydrogen-bond acceptors (Lipinski definition) is 7. The Balaban J connectivity index is 1.55. The Kier molecular flexibility index (Phi) is 3.47. The van der Waals surface area contributed by atoms with Crippen LogP contribution >= 0.6 is 22.7 Å². The van der Waals surface area contributed by atoms with E-state index in [1.807, 2.05) is 25.1 Å². The molecule has 1 aliphatic rings. The number of aryl methyl sites for hydroxylation is 1. The zero-order valence-electron chi connectivity index (χ0n) is 12.0. The van der Waals surface area contributed by atoms with Crippen molar-refractivity contribution in [3.63, 3.8) is 0 Å². The SMILES string of the molecule is Cc1cnc(NC(=O)c2csc(-c3ccc4c(c3)OCO4)n2)s1. The minimum absolute atomic E-state index is 0.234. The Labute approximate surface area is 139 Å². The summed E-state index contributed by atoms with van der Waals surface area (Å²) in [5.74, 6) is 1.16. The lowest BCUT2D eigenvalue weighted by Gasteiger charge is -1.99. The van der Waals surface area contributed by atoms with Gasteiger partial charge in [-0.25, -0.2) is 9.97 Å². The Morgan fingerprint density at radius 1 is 1.30 bits per heavy atom. The van der Waals surface area contributed by atoms with E-state index in [1.54, 1.807) is 11.6 Å². The lowest BCUT2D eigenvalue weighted by molar-refractivity contribution is 0.102. The second-order valence-electron chi connectivity index (χ2n) is 4.84. The van der Waals surface area contributed by atoms with Gasteiger partial charge in [-0.05, 0) is 25.1 Å². The van der Waals surface area contributed by atoms with Crippen LogP contribution in [0.25, 0.3) is 10.6 Å². The van der Waals surface area contributed by atoms with Crippen LogP contribution in [-0.2, 0) is 0 Å². The molecular weight excluding hydrogens is 334 g/mol. The molecule has 8 heteroatoms.